The number of carbonyl (C=O) groups is 1. The van der Waals surface area contributed by atoms with Crippen molar-refractivity contribution in [2.24, 2.45) is 5.73 Å². The van der Waals surface area contributed by atoms with Crippen molar-refractivity contribution in [1.29, 1.82) is 0 Å². The number of carbonyl (C=O) groups excluding carboxylic acids is 1. The Bertz CT molecular complexity index is 235. The molecule has 0 aliphatic heterocycles. The van der Waals surface area contributed by atoms with E-state index in [0.717, 1.165) is 18.4 Å². The summed E-state index contributed by atoms with van der Waals surface area (Å²) in [4.78, 5) is 10.9. The van der Waals surface area contributed by atoms with Gasteiger partial charge in [0.2, 0.25) is 5.91 Å². The minimum atomic E-state index is -0.699. The molecule has 4 N–H and O–H groups in total. The zero-order chi connectivity index (χ0) is 9.84. The fourth-order valence-electron chi connectivity index (χ4n) is 1.71. The molecule has 0 saturated heterocycles. The van der Waals surface area contributed by atoms with Gasteiger partial charge in [0.1, 0.15) is 0 Å². The van der Waals surface area contributed by atoms with E-state index in [0.29, 0.717) is 12.0 Å². The highest BCUT2D eigenvalue weighted by Gasteiger charge is 2.23. The minimum Gasteiger partial charge on any atom is -0.396 e. The molecule has 0 heterocycles. The van der Waals surface area contributed by atoms with Gasteiger partial charge in [-0.25, -0.2) is 0 Å². The molecule has 4 heteroatoms. The maximum absolute atomic E-state index is 10.9. The zero-order valence-corrected chi connectivity index (χ0v) is 7.49. The molecule has 0 aromatic heterocycles. The topological polar surface area (TPSA) is 83.6 Å². The van der Waals surface area contributed by atoms with Crippen LogP contribution in [0.1, 0.15) is 25.7 Å². The summed E-state index contributed by atoms with van der Waals surface area (Å²) in [6.07, 6.45) is 1.84. The Kier molecular flexibility index (Phi) is 3.45. The van der Waals surface area contributed by atoms with Crippen molar-refractivity contribution < 1.29 is 15.0 Å². The molecule has 1 unspecified atom stereocenters. The number of rotatable bonds is 4. The van der Waals surface area contributed by atoms with E-state index in [1.807, 2.05) is 0 Å². The van der Waals surface area contributed by atoms with Crippen LogP contribution in [-0.4, -0.2) is 28.8 Å². The largest absolute Gasteiger partial charge is 0.396 e. The lowest BCUT2D eigenvalue weighted by Crippen LogP contribution is -2.19. The van der Waals surface area contributed by atoms with Crippen molar-refractivity contribution in [2.45, 2.75) is 31.8 Å². The number of hydrogen-bond acceptors (Lipinski definition) is 3. The lowest BCUT2D eigenvalue weighted by atomic mass is 10.0. The van der Waals surface area contributed by atoms with E-state index in [1.54, 1.807) is 0 Å². The third kappa shape index (κ3) is 2.29. The van der Waals surface area contributed by atoms with Crippen molar-refractivity contribution in [3.63, 3.8) is 0 Å². The lowest BCUT2D eigenvalue weighted by molar-refractivity contribution is -0.114. The Morgan fingerprint density at radius 1 is 1.54 bits per heavy atom. The van der Waals surface area contributed by atoms with Gasteiger partial charge in [0.15, 0.2) is 0 Å². The Balaban J connectivity index is 2.74. The van der Waals surface area contributed by atoms with E-state index >= 15 is 0 Å². The second kappa shape index (κ2) is 4.39. The Hall–Kier alpha value is -0.870. The number of nitrogens with two attached hydrogens (primary N) is 1. The highest BCUT2D eigenvalue weighted by Crippen LogP contribution is 2.29. The van der Waals surface area contributed by atoms with E-state index in [4.69, 9.17) is 10.8 Å². The standard InChI is InChI=1S/C9H15NO3/c10-9(13)7-3-1-2-6(7)8(12)4-5-11/h8,11-12H,1-5H2,(H2,10,13). The van der Waals surface area contributed by atoms with Crippen LogP contribution in [0.2, 0.25) is 0 Å². The van der Waals surface area contributed by atoms with Gasteiger partial charge in [0, 0.05) is 18.6 Å². The minimum absolute atomic E-state index is 0.0727. The van der Waals surface area contributed by atoms with Crippen LogP contribution < -0.4 is 5.73 Å². The number of aliphatic hydroxyl groups excluding tert-OH is 2. The number of aliphatic hydroxyl groups is 2. The summed E-state index contributed by atoms with van der Waals surface area (Å²) in [5, 5.41) is 18.2. The van der Waals surface area contributed by atoms with E-state index < -0.39 is 12.0 Å². The second-order valence-electron chi connectivity index (χ2n) is 3.25. The summed E-state index contributed by atoms with van der Waals surface area (Å²) < 4.78 is 0. The highest BCUT2D eigenvalue weighted by molar-refractivity contribution is 5.93. The lowest BCUT2D eigenvalue weighted by Gasteiger charge is -2.11. The molecule has 0 saturated carbocycles. The van der Waals surface area contributed by atoms with Crippen LogP contribution in [0, 0.1) is 0 Å². The first-order valence-electron chi connectivity index (χ1n) is 4.47. The molecule has 1 aliphatic carbocycles. The molecule has 0 aromatic carbocycles. The Morgan fingerprint density at radius 3 is 2.77 bits per heavy atom. The maximum Gasteiger partial charge on any atom is 0.244 e. The molecule has 0 radical (unpaired) electrons. The van der Waals surface area contributed by atoms with Crippen LogP contribution in [0.5, 0.6) is 0 Å². The summed E-state index contributed by atoms with van der Waals surface area (Å²) in [5.41, 5.74) is 6.43. The molecule has 13 heavy (non-hydrogen) atoms. The molecule has 1 aliphatic rings. The zero-order valence-electron chi connectivity index (χ0n) is 7.49. The number of hydrogen-bond donors (Lipinski definition) is 3. The van der Waals surface area contributed by atoms with Crippen molar-refractivity contribution in [2.75, 3.05) is 6.61 Å². The van der Waals surface area contributed by atoms with Gasteiger partial charge in [-0.2, -0.15) is 0 Å². The third-order valence-corrected chi connectivity index (χ3v) is 2.36. The van der Waals surface area contributed by atoms with Crippen LogP contribution >= 0.6 is 0 Å². The molecule has 1 rings (SSSR count). The number of amides is 1. The normalized spacial score (nSPS) is 19.2. The summed E-state index contributed by atoms with van der Waals surface area (Å²) in [7, 11) is 0. The molecule has 1 atom stereocenters. The molecule has 74 valence electrons. The molecule has 0 bridgehead atoms. The first kappa shape index (κ1) is 10.2. The van der Waals surface area contributed by atoms with Crippen LogP contribution in [-0.2, 0) is 4.79 Å². The molecular weight excluding hydrogens is 170 g/mol. The van der Waals surface area contributed by atoms with E-state index in [-0.39, 0.29) is 13.0 Å². The van der Waals surface area contributed by atoms with Gasteiger partial charge < -0.3 is 15.9 Å². The maximum atomic E-state index is 10.9. The molecule has 0 spiro atoms. The third-order valence-electron chi connectivity index (χ3n) is 2.36. The van der Waals surface area contributed by atoms with Gasteiger partial charge >= 0.3 is 0 Å². The Labute approximate surface area is 77.1 Å². The van der Waals surface area contributed by atoms with Gasteiger partial charge in [-0.3, -0.25) is 4.79 Å². The predicted octanol–water partition coefficient (Wildman–Crippen LogP) is -0.305. The van der Waals surface area contributed by atoms with Crippen LogP contribution in [0.4, 0.5) is 0 Å². The van der Waals surface area contributed by atoms with Crippen molar-refractivity contribution >= 4 is 5.91 Å². The Morgan fingerprint density at radius 2 is 2.23 bits per heavy atom. The quantitative estimate of drug-likeness (QED) is 0.562. The first-order chi connectivity index (χ1) is 6.16. The molecular formula is C9H15NO3. The first-order valence-corrected chi connectivity index (χ1v) is 4.47. The van der Waals surface area contributed by atoms with Crippen molar-refractivity contribution in [3.8, 4) is 0 Å². The number of primary amides is 1. The summed E-state index contributed by atoms with van der Waals surface area (Å²) >= 11 is 0. The highest BCUT2D eigenvalue weighted by atomic mass is 16.3. The van der Waals surface area contributed by atoms with Gasteiger partial charge in [-0.15, -0.1) is 0 Å². The van der Waals surface area contributed by atoms with Gasteiger partial charge in [0.25, 0.3) is 0 Å². The van der Waals surface area contributed by atoms with E-state index in [2.05, 4.69) is 0 Å². The smallest absolute Gasteiger partial charge is 0.244 e. The average molecular weight is 185 g/mol. The molecule has 0 aromatic rings. The monoisotopic (exact) mass is 185 g/mol. The van der Waals surface area contributed by atoms with Crippen LogP contribution in [0.15, 0.2) is 11.1 Å². The average Bonchev–Trinajstić information content (AvgIpc) is 2.52. The van der Waals surface area contributed by atoms with E-state index in [1.165, 1.54) is 0 Å². The molecule has 1 amide bonds. The fraction of sp³-hybridized carbons (Fsp3) is 0.667. The molecule has 4 nitrogen and oxygen atoms in total. The van der Waals surface area contributed by atoms with Gasteiger partial charge in [-0.05, 0) is 24.8 Å². The SMILES string of the molecule is NC(=O)C1=C(C(O)CCO)CCC1. The van der Waals surface area contributed by atoms with Crippen molar-refractivity contribution in [3.05, 3.63) is 11.1 Å². The van der Waals surface area contributed by atoms with Gasteiger partial charge in [0.05, 0.1) is 6.10 Å². The van der Waals surface area contributed by atoms with Crippen LogP contribution in [0.25, 0.3) is 0 Å². The summed E-state index contributed by atoms with van der Waals surface area (Å²) in [6.45, 7) is -0.0727. The van der Waals surface area contributed by atoms with Crippen molar-refractivity contribution in [1.82, 2.24) is 0 Å². The predicted molar refractivity (Wildman–Crippen MR) is 47.8 cm³/mol. The van der Waals surface area contributed by atoms with Crippen LogP contribution in [0.3, 0.4) is 0 Å². The fourth-order valence-corrected chi connectivity index (χ4v) is 1.71. The summed E-state index contributed by atoms with van der Waals surface area (Å²) in [6, 6.07) is 0. The van der Waals surface area contributed by atoms with Gasteiger partial charge in [-0.1, -0.05) is 0 Å². The summed E-state index contributed by atoms with van der Waals surface area (Å²) in [5.74, 6) is -0.440. The molecule has 0 fully saturated rings. The second-order valence-corrected chi connectivity index (χ2v) is 3.25. The van der Waals surface area contributed by atoms with E-state index in [9.17, 15) is 9.90 Å².